The first-order chi connectivity index (χ1) is 11.3. The second-order valence-corrected chi connectivity index (χ2v) is 6.64. The molecule has 0 spiro atoms. The lowest BCUT2D eigenvalue weighted by molar-refractivity contribution is 0.0935. The number of benzene rings is 1. The number of carbonyl (C=O) groups is 1. The van der Waals surface area contributed by atoms with Gasteiger partial charge in [0.2, 0.25) is 0 Å². The Kier molecular flexibility index (Phi) is 5.53. The van der Waals surface area contributed by atoms with Crippen molar-refractivity contribution in [2.75, 3.05) is 7.11 Å². The third-order valence-electron chi connectivity index (χ3n) is 3.52. The summed E-state index contributed by atoms with van der Waals surface area (Å²) in [4.78, 5) is 16.1. The van der Waals surface area contributed by atoms with Crippen molar-refractivity contribution in [3.8, 4) is 5.75 Å². The predicted molar refractivity (Wildman–Crippen MR) is 89.1 cm³/mol. The molecule has 3 N–H and O–H groups in total. The maximum Gasteiger partial charge on any atom is 0.255 e. The summed E-state index contributed by atoms with van der Waals surface area (Å²) in [7, 11) is -2.37. The van der Waals surface area contributed by atoms with Gasteiger partial charge in [-0.3, -0.25) is 4.79 Å². The first-order valence-corrected chi connectivity index (χ1v) is 8.83. The fourth-order valence-electron chi connectivity index (χ4n) is 2.21. The molecule has 24 heavy (non-hydrogen) atoms. The monoisotopic (exact) mass is 349 g/mol. The molecule has 0 aliphatic rings. The summed E-state index contributed by atoms with van der Waals surface area (Å²) in [5, 5.41) is 7.57. The molecule has 1 aromatic heterocycles. The topological polar surface area (TPSA) is 111 Å². The molecule has 1 atom stereocenters. The first kappa shape index (κ1) is 17.9. The molecule has 7 nitrogen and oxygen atoms in total. The van der Waals surface area contributed by atoms with E-state index in [9.17, 15) is 13.2 Å². The minimum Gasteiger partial charge on any atom is -0.497 e. The Hall–Kier alpha value is -2.45. The van der Waals surface area contributed by atoms with Gasteiger partial charge in [-0.2, -0.15) is 0 Å². The van der Waals surface area contributed by atoms with Gasteiger partial charge in [-0.1, -0.05) is 19.1 Å². The van der Waals surface area contributed by atoms with Crippen LogP contribution in [0.1, 0.15) is 35.3 Å². The molecular weight excluding hydrogens is 330 g/mol. The SMILES string of the molecule is CCC(NC(=O)c1ccnc(S(N)(=O)=O)c1)c1ccc(OC)cc1. The van der Waals surface area contributed by atoms with E-state index < -0.39 is 15.9 Å². The molecule has 0 fully saturated rings. The van der Waals surface area contributed by atoms with Crippen molar-refractivity contribution in [2.24, 2.45) is 5.14 Å². The van der Waals surface area contributed by atoms with Crippen LogP contribution >= 0.6 is 0 Å². The smallest absolute Gasteiger partial charge is 0.255 e. The molecule has 1 unspecified atom stereocenters. The van der Waals surface area contributed by atoms with Crippen LogP contribution in [0.4, 0.5) is 0 Å². The van der Waals surface area contributed by atoms with Crippen molar-refractivity contribution < 1.29 is 17.9 Å². The summed E-state index contributed by atoms with van der Waals surface area (Å²) >= 11 is 0. The van der Waals surface area contributed by atoms with Gasteiger partial charge in [0.05, 0.1) is 13.2 Å². The van der Waals surface area contributed by atoms with Crippen molar-refractivity contribution in [1.82, 2.24) is 10.3 Å². The summed E-state index contributed by atoms with van der Waals surface area (Å²) in [6.07, 6.45) is 1.91. The quantitative estimate of drug-likeness (QED) is 0.823. The van der Waals surface area contributed by atoms with E-state index in [1.807, 2.05) is 31.2 Å². The summed E-state index contributed by atoms with van der Waals surface area (Å²) in [5.41, 5.74) is 1.10. The number of nitrogens with two attached hydrogens (primary N) is 1. The van der Waals surface area contributed by atoms with E-state index in [2.05, 4.69) is 10.3 Å². The predicted octanol–water partition coefficient (Wildman–Crippen LogP) is 1.62. The zero-order chi connectivity index (χ0) is 17.7. The largest absolute Gasteiger partial charge is 0.497 e. The molecule has 0 bridgehead atoms. The van der Waals surface area contributed by atoms with Gasteiger partial charge >= 0.3 is 0 Å². The van der Waals surface area contributed by atoms with Gasteiger partial charge in [-0.05, 0) is 36.2 Å². The number of pyridine rings is 1. The average molecular weight is 349 g/mol. The lowest BCUT2D eigenvalue weighted by Crippen LogP contribution is -2.28. The van der Waals surface area contributed by atoms with Gasteiger partial charge < -0.3 is 10.1 Å². The second-order valence-electron chi connectivity index (χ2n) is 5.14. The van der Waals surface area contributed by atoms with E-state index >= 15 is 0 Å². The number of amides is 1. The van der Waals surface area contributed by atoms with Crippen molar-refractivity contribution in [3.05, 3.63) is 53.7 Å². The number of rotatable bonds is 6. The van der Waals surface area contributed by atoms with Gasteiger partial charge in [0, 0.05) is 11.8 Å². The van der Waals surface area contributed by atoms with E-state index in [1.165, 1.54) is 12.3 Å². The Morgan fingerprint density at radius 1 is 1.29 bits per heavy atom. The molecule has 0 aliphatic heterocycles. The zero-order valence-corrected chi connectivity index (χ0v) is 14.2. The highest BCUT2D eigenvalue weighted by molar-refractivity contribution is 7.89. The van der Waals surface area contributed by atoms with Crippen LogP contribution in [0.2, 0.25) is 0 Å². The summed E-state index contributed by atoms with van der Waals surface area (Å²) < 4.78 is 27.8. The molecule has 1 amide bonds. The molecule has 2 aromatic rings. The zero-order valence-electron chi connectivity index (χ0n) is 13.4. The molecule has 1 heterocycles. The number of sulfonamides is 1. The average Bonchev–Trinajstić information content (AvgIpc) is 2.59. The van der Waals surface area contributed by atoms with E-state index in [-0.39, 0.29) is 16.6 Å². The van der Waals surface area contributed by atoms with Crippen molar-refractivity contribution >= 4 is 15.9 Å². The highest BCUT2D eigenvalue weighted by Crippen LogP contribution is 2.20. The highest BCUT2D eigenvalue weighted by Gasteiger charge is 2.17. The number of carbonyl (C=O) groups excluding carboxylic acids is 1. The number of hydrogen-bond donors (Lipinski definition) is 2. The van der Waals surface area contributed by atoms with Crippen LogP contribution < -0.4 is 15.2 Å². The number of nitrogens with one attached hydrogen (secondary N) is 1. The molecule has 0 aliphatic carbocycles. The molecule has 0 radical (unpaired) electrons. The molecule has 0 saturated heterocycles. The maximum atomic E-state index is 12.4. The van der Waals surface area contributed by atoms with Gasteiger partial charge in [0.25, 0.3) is 15.9 Å². The van der Waals surface area contributed by atoms with Crippen LogP contribution in [0.5, 0.6) is 5.75 Å². The standard InChI is InChI=1S/C16H19N3O4S/c1-3-14(11-4-6-13(23-2)7-5-11)19-16(20)12-8-9-18-15(10-12)24(17,21)22/h4-10,14H,3H2,1-2H3,(H,19,20)(H2,17,21,22). The van der Waals surface area contributed by atoms with Crippen LogP contribution in [0, 0.1) is 0 Å². The van der Waals surface area contributed by atoms with Crippen LogP contribution in [0.15, 0.2) is 47.6 Å². The summed E-state index contributed by atoms with van der Waals surface area (Å²) in [6, 6.07) is 9.75. The molecular formula is C16H19N3O4S. The Balaban J connectivity index is 2.20. The highest BCUT2D eigenvalue weighted by atomic mass is 32.2. The number of methoxy groups -OCH3 is 1. The number of primary sulfonamides is 1. The molecule has 0 saturated carbocycles. The van der Waals surface area contributed by atoms with Crippen LogP contribution in [-0.2, 0) is 10.0 Å². The van der Waals surface area contributed by atoms with Crippen LogP contribution in [0.25, 0.3) is 0 Å². The minimum atomic E-state index is -3.96. The van der Waals surface area contributed by atoms with Crippen molar-refractivity contribution in [2.45, 2.75) is 24.4 Å². The minimum absolute atomic E-state index is 0.181. The van der Waals surface area contributed by atoms with E-state index in [4.69, 9.17) is 9.88 Å². The molecule has 128 valence electrons. The molecule has 1 aromatic carbocycles. The Morgan fingerprint density at radius 3 is 2.50 bits per heavy atom. The van der Waals surface area contributed by atoms with Crippen LogP contribution in [-0.4, -0.2) is 26.4 Å². The summed E-state index contributed by atoms with van der Waals surface area (Å²) in [5.74, 6) is 0.330. The molecule has 2 rings (SSSR count). The normalized spacial score (nSPS) is 12.5. The van der Waals surface area contributed by atoms with Gasteiger partial charge in [-0.15, -0.1) is 0 Å². The van der Waals surface area contributed by atoms with Gasteiger partial charge in [0.15, 0.2) is 5.03 Å². The van der Waals surface area contributed by atoms with Crippen molar-refractivity contribution in [1.29, 1.82) is 0 Å². The van der Waals surface area contributed by atoms with Gasteiger partial charge in [-0.25, -0.2) is 18.5 Å². The first-order valence-electron chi connectivity index (χ1n) is 7.28. The van der Waals surface area contributed by atoms with E-state index in [0.29, 0.717) is 6.42 Å². The number of aromatic nitrogens is 1. The van der Waals surface area contributed by atoms with Crippen LogP contribution in [0.3, 0.4) is 0 Å². The fourth-order valence-corrected chi connectivity index (χ4v) is 2.70. The summed E-state index contributed by atoms with van der Waals surface area (Å²) in [6.45, 7) is 1.94. The Morgan fingerprint density at radius 2 is 1.96 bits per heavy atom. The lowest BCUT2D eigenvalue weighted by atomic mass is 10.0. The third-order valence-corrected chi connectivity index (χ3v) is 4.33. The number of nitrogens with zero attached hydrogens (tertiary/aromatic N) is 1. The molecule has 8 heteroatoms. The fraction of sp³-hybridized carbons (Fsp3) is 0.250. The van der Waals surface area contributed by atoms with Gasteiger partial charge in [0.1, 0.15) is 5.75 Å². The third kappa shape index (κ3) is 4.30. The lowest BCUT2D eigenvalue weighted by Gasteiger charge is -2.18. The number of ether oxygens (including phenoxy) is 1. The Labute approximate surface area is 140 Å². The maximum absolute atomic E-state index is 12.4. The van der Waals surface area contributed by atoms with E-state index in [0.717, 1.165) is 17.4 Å². The van der Waals surface area contributed by atoms with E-state index in [1.54, 1.807) is 7.11 Å². The Bertz CT molecular complexity index is 819. The number of hydrogen-bond acceptors (Lipinski definition) is 5. The second kappa shape index (κ2) is 7.41. The van der Waals surface area contributed by atoms with Crippen molar-refractivity contribution in [3.63, 3.8) is 0 Å².